The van der Waals surface area contributed by atoms with Crippen molar-refractivity contribution in [2.24, 2.45) is 21.8 Å². The third-order valence-corrected chi connectivity index (χ3v) is 6.84. The van der Waals surface area contributed by atoms with Crippen LogP contribution in [0.15, 0.2) is 46.7 Å². The molecule has 2 aliphatic carbocycles. The standard InChI is InChI=1S/C27H44N2/c1-5-26(29-27(6-2)25-20-16-12-9-13-17-21-25)23(4)28-22(3)24-18-14-10-7-8-11-15-19-24/h5-6,24-25H,1-2,7-21H2,3-4H3/b26-23+,28-22+,29-27+. The minimum absolute atomic E-state index is 0.537. The fourth-order valence-electron chi connectivity index (χ4n) is 4.93. The van der Waals surface area contributed by atoms with Crippen LogP contribution in [0.1, 0.15) is 110 Å². The van der Waals surface area contributed by atoms with E-state index in [1.165, 1.54) is 102 Å². The number of aliphatic imine (C=N–C) groups is 2. The Hall–Kier alpha value is -1.44. The summed E-state index contributed by atoms with van der Waals surface area (Å²) >= 11 is 0. The SMILES string of the molecule is C=C\C(=N/C(C=C)=C(C)/N=C(\C)C1CCCCCCCC1)C1CCCCCCC1. The molecule has 29 heavy (non-hydrogen) atoms. The lowest BCUT2D eigenvalue weighted by atomic mass is 9.87. The van der Waals surface area contributed by atoms with Gasteiger partial charge in [0.05, 0.1) is 11.4 Å². The maximum absolute atomic E-state index is 5.02. The molecule has 0 spiro atoms. The van der Waals surface area contributed by atoms with Gasteiger partial charge in [0.25, 0.3) is 0 Å². The van der Waals surface area contributed by atoms with E-state index in [-0.39, 0.29) is 0 Å². The molecule has 2 rings (SSSR count). The van der Waals surface area contributed by atoms with E-state index in [0.29, 0.717) is 11.8 Å². The van der Waals surface area contributed by atoms with Gasteiger partial charge < -0.3 is 0 Å². The summed E-state index contributed by atoms with van der Waals surface area (Å²) in [5, 5.41) is 0. The summed E-state index contributed by atoms with van der Waals surface area (Å²) in [6.07, 6.45) is 23.9. The lowest BCUT2D eigenvalue weighted by molar-refractivity contribution is 0.453. The van der Waals surface area contributed by atoms with Crippen molar-refractivity contribution >= 4 is 11.4 Å². The van der Waals surface area contributed by atoms with Gasteiger partial charge in [0.1, 0.15) is 0 Å². The van der Waals surface area contributed by atoms with Crippen LogP contribution in [0.3, 0.4) is 0 Å². The second kappa shape index (κ2) is 13.7. The Morgan fingerprint density at radius 3 is 1.52 bits per heavy atom. The number of hydrogen-bond donors (Lipinski definition) is 0. The fourth-order valence-corrected chi connectivity index (χ4v) is 4.93. The monoisotopic (exact) mass is 396 g/mol. The molecular formula is C27H44N2. The number of allylic oxidation sites excluding steroid dienone is 3. The highest BCUT2D eigenvalue weighted by Gasteiger charge is 2.17. The first kappa shape index (κ1) is 23.8. The van der Waals surface area contributed by atoms with Crippen molar-refractivity contribution < 1.29 is 0 Å². The lowest BCUT2D eigenvalue weighted by Crippen LogP contribution is -2.14. The van der Waals surface area contributed by atoms with Crippen LogP contribution in [-0.4, -0.2) is 11.4 Å². The van der Waals surface area contributed by atoms with Gasteiger partial charge in [-0.3, -0.25) is 9.98 Å². The first-order valence-corrected chi connectivity index (χ1v) is 12.2. The molecule has 2 aliphatic rings. The molecule has 0 bridgehead atoms. The van der Waals surface area contributed by atoms with Crippen LogP contribution in [-0.2, 0) is 0 Å². The van der Waals surface area contributed by atoms with Gasteiger partial charge in [-0.2, -0.15) is 0 Å². The quantitative estimate of drug-likeness (QED) is 0.317. The average molecular weight is 397 g/mol. The molecule has 0 aromatic heterocycles. The van der Waals surface area contributed by atoms with Crippen molar-refractivity contribution in [3.8, 4) is 0 Å². The van der Waals surface area contributed by atoms with E-state index in [9.17, 15) is 0 Å². The molecule has 0 saturated heterocycles. The van der Waals surface area contributed by atoms with Crippen LogP contribution in [0.4, 0.5) is 0 Å². The maximum atomic E-state index is 5.02. The topological polar surface area (TPSA) is 24.7 Å². The summed E-state index contributed by atoms with van der Waals surface area (Å²) in [6, 6.07) is 0. The van der Waals surface area contributed by atoms with Gasteiger partial charge in [-0.05, 0) is 57.6 Å². The summed E-state index contributed by atoms with van der Waals surface area (Å²) in [4.78, 5) is 10.0. The van der Waals surface area contributed by atoms with Crippen molar-refractivity contribution in [1.29, 1.82) is 0 Å². The van der Waals surface area contributed by atoms with E-state index < -0.39 is 0 Å². The average Bonchev–Trinajstić information content (AvgIpc) is 2.83. The Balaban J connectivity index is 2.17. The van der Waals surface area contributed by atoms with Crippen LogP contribution in [0, 0.1) is 11.8 Å². The molecule has 0 unspecified atom stereocenters. The zero-order valence-electron chi connectivity index (χ0n) is 19.2. The second-order valence-electron chi connectivity index (χ2n) is 9.11. The molecule has 0 radical (unpaired) electrons. The van der Waals surface area contributed by atoms with E-state index >= 15 is 0 Å². The first-order valence-electron chi connectivity index (χ1n) is 12.2. The lowest BCUT2D eigenvalue weighted by Gasteiger charge is -2.20. The van der Waals surface area contributed by atoms with E-state index in [1.807, 2.05) is 12.2 Å². The van der Waals surface area contributed by atoms with Crippen molar-refractivity contribution in [2.45, 2.75) is 110 Å². The molecule has 0 aromatic carbocycles. The third kappa shape index (κ3) is 8.44. The molecule has 0 heterocycles. The van der Waals surface area contributed by atoms with Gasteiger partial charge in [0.2, 0.25) is 0 Å². The van der Waals surface area contributed by atoms with Crippen molar-refractivity contribution in [3.63, 3.8) is 0 Å². The summed E-state index contributed by atoms with van der Waals surface area (Å²) in [6.45, 7) is 12.4. The first-order chi connectivity index (χ1) is 14.2. The van der Waals surface area contributed by atoms with E-state index in [1.54, 1.807) is 0 Å². The summed E-state index contributed by atoms with van der Waals surface area (Å²) in [7, 11) is 0. The van der Waals surface area contributed by atoms with Crippen molar-refractivity contribution in [3.05, 3.63) is 36.7 Å². The molecule has 0 N–H and O–H groups in total. The number of nitrogens with zero attached hydrogens (tertiary/aromatic N) is 2. The molecular weight excluding hydrogens is 352 g/mol. The molecule has 0 atom stereocenters. The Morgan fingerprint density at radius 2 is 1.07 bits per heavy atom. The number of rotatable bonds is 6. The van der Waals surface area contributed by atoms with Crippen LogP contribution in [0.25, 0.3) is 0 Å². The molecule has 0 aliphatic heterocycles. The Kier molecular flexibility index (Phi) is 11.3. The van der Waals surface area contributed by atoms with E-state index in [0.717, 1.165) is 17.1 Å². The summed E-state index contributed by atoms with van der Waals surface area (Å²) < 4.78 is 0. The smallest absolute Gasteiger partial charge is 0.0838 e. The largest absolute Gasteiger partial charge is 0.260 e. The molecule has 2 fully saturated rings. The predicted octanol–water partition coefficient (Wildman–Crippen LogP) is 8.60. The van der Waals surface area contributed by atoms with E-state index in [2.05, 4.69) is 27.0 Å². The van der Waals surface area contributed by atoms with Crippen LogP contribution < -0.4 is 0 Å². The van der Waals surface area contributed by atoms with Crippen LogP contribution in [0.5, 0.6) is 0 Å². The molecule has 2 saturated carbocycles. The van der Waals surface area contributed by atoms with E-state index in [4.69, 9.17) is 9.98 Å². The predicted molar refractivity (Wildman–Crippen MR) is 130 cm³/mol. The van der Waals surface area contributed by atoms with Crippen LogP contribution >= 0.6 is 0 Å². The highest BCUT2D eigenvalue weighted by Crippen LogP contribution is 2.26. The highest BCUT2D eigenvalue weighted by atomic mass is 14.8. The fraction of sp³-hybridized carbons (Fsp3) is 0.704. The minimum atomic E-state index is 0.537. The Bertz CT molecular complexity index is 590. The molecule has 2 heteroatoms. The minimum Gasteiger partial charge on any atom is -0.260 e. The highest BCUT2D eigenvalue weighted by molar-refractivity contribution is 5.97. The zero-order chi connectivity index (χ0) is 20.9. The zero-order valence-corrected chi connectivity index (χ0v) is 19.2. The second-order valence-corrected chi connectivity index (χ2v) is 9.11. The molecule has 2 nitrogen and oxygen atoms in total. The van der Waals surface area contributed by atoms with Gasteiger partial charge in [0, 0.05) is 17.3 Å². The normalized spacial score (nSPS) is 23.1. The molecule has 0 aromatic rings. The molecule has 162 valence electrons. The molecule has 0 amide bonds. The van der Waals surface area contributed by atoms with Crippen molar-refractivity contribution in [1.82, 2.24) is 0 Å². The Labute approximate surface area is 180 Å². The summed E-state index contributed by atoms with van der Waals surface area (Å²) in [5.41, 5.74) is 4.34. The van der Waals surface area contributed by atoms with Gasteiger partial charge >= 0.3 is 0 Å². The van der Waals surface area contributed by atoms with Gasteiger partial charge in [-0.25, -0.2) is 0 Å². The third-order valence-electron chi connectivity index (χ3n) is 6.84. The van der Waals surface area contributed by atoms with Gasteiger partial charge in [0.15, 0.2) is 0 Å². The Morgan fingerprint density at radius 1 is 0.621 bits per heavy atom. The van der Waals surface area contributed by atoms with Crippen molar-refractivity contribution in [2.75, 3.05) is 0 Å². The van der Waals surface area contributed by atoms with Crippen LogP contribution in [0.2, 0.25) is 0 Å². The summed E-state index contributed by atoms with van der Waals surface area (Å²) in [5.74, 6) is 1.16. The van der Waals surface area contributed by atoms with Gasteiger partial charge in [-0.15, -0.1) is 0 Å². The number of hydrogen-bond acceptors (Lipinski definition) is 2. The van der Waals surface area contributed by atoms with Gasteiger partial charge in [-0.1, -0.05) is 83.8 Å². The maximum Gasteiger partial charge on any atom is 0.0838 e.